The molecule has 0 atom stereocenters. The molecule has 0 N–H and O–H groups in total. The molecule has 0 saturated heterocycles. The summed E-state index contributed by atoms with van der Waals surface area (Å²) in [6.07, 6.45) is 0.236. The fourth-order valence-electron chi connectivity index (χ4n) is 3.20. The summed E-state index contributed by atoms with van der Waals surface area (Å²) < 4.78 is 44.6. The van der Waals surface area contributed by atoms with Gasteiger partial charge in [0.05, 0.1) is 20.3 Å². The lowest BCUT2D eigenvalue weighted by Gasteiger charge is -2.22. The SMILES string of the molecule is COc1c(C)c2c(c(OCC[Si](C)(C)C)c1CCOCP(=O)(OC)OC)C(=O)OC2. The van der Waals surface area contributed by atoms with Gasteiger partial charge in [-0.1, -0.05) is 19.6 Å². The summed E-state index contributed by atoms with van der Waals surface area (Å²) in [5, 5.41) is 0. The molecule has 0 fully saturated rings. The van der Waals surface area contributed by atoms with Gasteiger partial charge in [0, 0.05) is 39.8 Å². The molecule has 0 aliphatic carbocycles. The van der Waals surface area contributed by atoms with E-state index in [9.17, 15) is 9.36 Å². The fourth-order valence-corrected chi connectivity index (χ4v) is 4.63. The molecule has 1 aromatic rings. The Morgan fingerprint density at radius 2 is 1.73 bits per heavy atom. The van der Waals surface area contributed by atoms with Crippen molar-refractivity contribution >= 4 is 21.6 Å². The van der Waals surface area contributed by atoms with E-state index in [4.69, 9.17) is 28.0 Å². The van der Waals surface area contributed by atoms with Crippen LogP contribution < -0.4 is 9.47 Å². The van der Waals surface area contributed by atoms with E-state index in [1.807, 2.05) is 6.92 Å². The molecule has 0 saturated carbocycles. The standard InChI is InChI=1S/C20H33O8PSi/c1-14-16-12-28-20(21)17(16)19(27-10-11-30(5,6)7)15(18(14)23-2)8-9-26-13-29(22,24-3)25-4/h8-13H2,1-7H3. The Hall–Kier alpha value is -1.38. The minimum atomic E-state index is -3.26. The molecule has 0 spiro atoms. The van der Waals surface area contributed by atoms with Gasteiger partial charge in [-0.25, -0.2) is 4.79 Å². The lowest BCUT2D eigenvalue weighted by molar-refractivity contribution is 0.0532. The van der Waals surface area contributed by atoms with Crippen LogP contribution in [0.3, 0.4) is 0 Å². The number of ether oxygens (including phenoxy) is 4. The maximum absolute atomic E-state index is 12.5. The van der Waals surface area contributed by atoms with E-state index in [0.717, 1.165) is 22.7 Å². The zero-order chi connectivity index (χ0) is 22.5. The van der Waals surface area contributed by atoms with Crippen molar-refractivity contribution in [2.24, 2.45) is 0 Å². The van der Waals surface area contributed by atoms with E-state index in [0.29, 0.717) is 30.1 Å². The maximum atomic E-state index is 12.5. The van der Waals surface area contributed by atoms with Gasteiger partial charge in [0.2, 0.25) is 0 Å². The van der Waals surface area contributed by atoms with Crippen molar-refractivity contribution < 1.29 is 37.4 Å². The topological polar surface area (TPSA) is 89.5 Å². The van der Waals surface area contributed by atoms with Crippen LogP contribution in [0.2, 0.25) is 25.7 Å². The number of esters is 1. The van der Waals surface area contributed by atoms with E-state index in [2.05, 4.69) is 19.6 Å². The Kier molecular flexibility index (Phi) is 8.53. The average Bonchev–Trinajstić information content (AvgIpc) is 3.08. The summed E-state index contributed by atoms with van der Waals surface area (Å²) in [7, 11) is -0.355. The molecule has 1 heterocycles. The van der Waals surface area contributed by atoms with Crippen LogP contribution in [-0.2, 0) is 36.1 Å². The van der Waals surface area contributed by atoms with Crippen molar-refractivity contribution in [3.05, 3.63) is 22.3 Å². The van der Waals surface area contributed by atoms with Gasteiger partial charge in [-0.05, 0) is 18.5 Å². The molecule has 0 aromatic heterocycles. The van der Waals surface area contributed by atoms with Crippen molar-refractivity contribution in [1.82, 2.24) is 0 Å². The zero-order valence-corrected chi connectivity index (χ0v) is 20.9. The highest BCUT2D eigenvalue weighted by atomic mass is 31.2. The molecule has 1 aromatic carbocycles. The molecule has 30 heavy (non-hydrogen) atoms. The van der Waals surface area contributed by atoms with Gasteiger partial charge in [-0.2, -0.15) is 0 Å². The Labute approximate surface area is 179 Å². The molecule has 0 unspecified atom stereocenters. The second-order valence-corrected chi connectivity index (χ2v) is 16.1. The number of benzene rings is 1. The van der Waals surface area contributed by atoms with Gasteiger partial charge in [0.15, 0.2) is 0 Å². The second kappa shape index (κ2) is 10.3. The van der Waals surface area contributed by atoms with E-state index in [-0.39, 0.29) is 25.5 Å². The van der Waals surface area contributed by atoms with Crippen molar-refractivity contribution in [3.8, 4) is 11.5 Å². The molecule has 170 valence electrons. The Morgan fingerprint density at radius 3 is 2.30 bits per heavy atom. The summed E-state index contributed by atoms with van der Waals surface area (Å²) in [6.45, 7) is 9.65. The molecule has 8 nitrogen and oxygen atoms in total. The number of hydrogen-bond acceptors (Lipinski definition) is 8. The lowest BCUT2D eigenvalue weighted by Crippen LogP contribution is -2.23. The van der Waals surface area contributed by atoms with Gasteiger partial charge in [0.1, 0.15) is 30.0 Å². The number of hydrogen-bond donors (Lipinski definition) is 0. The van der Waals surface area contributed by atoms with Gasteiger partial charge in [-0.15, -0.1) is 0 Å². The highest BCUT2D eigenvalue weighted by Crippen LogP contribution is 2.46. The number of carbonyl (C=O) groups is 1. The molecule has 0 radical (unpaired) electrons. The molecule has 2 rings (SSSR count). The molecular weight excluding hydrogens is 427 g/mol. The molecular formula is C20H33O8PSi. The first kappa shape index (κ1) is 24.9. The Bertz CT molecular complexity index is 810. The summed E-state index contributed by atoms with van der Waals surface area (Å²) in [5.41, 5.74) is 2.87. The second-order valence-electron chi connectivity index (χ2n) is 8.32. The molecule has 1 aliphatic rings. The van der Waals surface area contributed by atoms with E-state index in [1.165, 1.54) is 14.2 Å². The van der Waals surface area contributed by atoms with Crippen LogP contribution in [0.4, 0.5) is 0 Å². The van der Waals surface area contributed by atoms with Gasteiger partial charge in [-0.3, -0.25) is 4.57 Å². The predicted octanol–water partition coefficient (Wildman–Crippen LogP) is 4.39. The average molecular weight is 461 g/mol. The number of cyclic esters (lactones) is 1. The molecule has 1 aliphatic heterocycles. The monoisotopic (exact) mass is 460 g/mol. The van der Waals surface area contributed by atoms with Crippen LogP contribution in [0.1, 0.15) is 27.0 Å². The molecule has 0 bridgehead atoms. The first-order valence-corrected chi connectivity index (χ1v) is 15.3. The summed E-state index contributed by atoms with van der Waals surface area (Å²) in [5.74, 6) is 0.767. The van der Waals surface area contributed by atoms with E-state index in [1.54, 1.807) is 7.11 Å². The van der Waals surface area contributed by atoms with Gasteiger partial charge < -0.3 is 28.0 Å². The van der Waals surface area contributed by atoms with Crippen LogP contribution in [0.5, 0.6) is 11.5 Å². The Morgan fingerprint density at radius 1 is 1.07 bits per heavy atom. The third-order valence-corrected chi connectivity index (χ3v) is 8.34. The minimum Gasteiger partial charge on any atom is -0.496 e. The lowest BCUT2D eigenvalue weighted by atomic mass is 9.95. The quantitative estimate of drug-likeness (QED) is 0.196. The van der Waals surface area contributed by atoms with Crippen molar-refractivity contribution in [2.45, 2.75) is 45.6 Å². The van der Waals surface area contributed by atoms with Crippen LogP contribution in [0, 0.1) is 6.92 Å². The summed E-state index contributed by atoms with van der Waals surface area (Å²) >= 11 is 0. The highest BCUT2D eigenvalue weighted by Gasteiger charge is 2.33. The smallest absolute Gasteiger partial charge is 0.355 e. The third-order valence-electron chi connectivity index (χ3n) is 5.03. The highest BCUT2D eigenvalue weighted by molar-refractivity contribution is 7.53. The van der Waals surface area contributed by atoms with Gasteiger partial charge in [0.25, 0.3) is 0 Å². The predicted molar refractivity (Wildman–Crippen MR) is 117 cm³/mol. The molecule has 0 amide bonds. The number of methoxy groups -OCH3 is 1. The summed E-state index contributed by atoms with van der Waals surface area (Å²) in [6, 6.07) is 0.952. The largest absolute Gasteiger partial charge is 0.496 e. The van der Waals surface area contributed by atoms with Gasteiger partial charge >= 0.3 is 13.6 Å². The third kappa shape index (κ3) is 5.86. The first-order chi connectivity index (χ1) is 14.1. The van der Waals surface area contributed by atoms with Crippen molar-refractivity contribution in [1.29, 1.82) is 0 Å². The fraction of sp³-hybridized carbons (Fsp3) is 0.650. The van der Waals surface area contributed by atoms with Crippen molar-refractivity contribution in [2.75, 3.05) is 40.9 Å². The molecule has 10 heteroatoms. The van der Waals surface area contributed by atoms with Crippen molar-refractivity contribution in [3.63, 3.8) is 0 Å². The maximum Gasteiger partial charge on any atom is 0.355 e. The zero-order valence-electron chi connectivity index (χ0n) is 19.0. The number of fused-ring (bicyclic) bond motifs is 1. The first-order valence-electron chi connectivity index (χ1n) is 9.87. The van der Waals surface area contributed by atoms with E-state index >= 15 is 0 Å². The normalized spacial score (nSPS) is 13.9. The van der Waals surface area contributed by atoms with Crippen LogP contribution in [0.15, 0.2) is 0 Å². The minimum absolute atomic E-state index is 0.167. The summed E-state index contributed by atoms with van der Waals surface area (Å²) in [4.78, 5) is 12.5. The van der Waals surface area contributed by atoms with Crippen LogP contribution in [-0.4, -0.2) is 54.9 Å². The number of rotatable bonds is 12. The van der Waals surface area contributed by atoms with E-state index < -0.39 is 15.7 Å². The van der Waals surface area contributed by atoms with Crippen LogP contribution >= 0.6 is 7.60 Å². The Balaban J connectivity index is 2.31. The number of carbonyl (C=O) groups excluding carboxylic acids is 1. The van der Waals surface area contributed by atoms with Crippen LogP contribution in [0.25, 0.3) is 0 Å².